The molecule has 1 atom stereocenters. The van der Waals surface area contributed by atoms with Crippen LogP contribution < -0.4 is 4.90 Å². The summed E-state index contributed by atoms with van der Waals surface area (Å²) in [6.07, 6.45) is 5.38. The molecule has 2 saturated heterocycles. The SMILES string of the molecule is CC(C)(C)C1CCN(CC2CCN(c3ccccc3)C2)CC1.CCC. The quantitative estimate of drug-likeness (QED) is 0.695. The predicted molar refractivity (Wildman–Crippen MR) is 111 cm³/mol. The lowest BCUT2D eigenvalue weighted by Gasteiger charge is -2.39. The summed E-state index contributed by atoms with van der Waals surface area (Å²) in [4.78, 5) is 5.29. The predicted octanol–water partition coefficient (Wildman–Crippen LogP) is 5.69. The number of hydrogen-bond acceptors (Lipinski definition) is 2. The average Bonchev–Trinajstić information content (AvgIpc) is 3.05. The number of nitrogens with zero attached hydrogens (tertiary/aromatic N) is 2. The summed E-state index contributed by atoms with van der Waals surface area (Å²) in [6, 6.07) is 10.9. The molecule has 2 heteroatoms. The minimum Gasteiger partial charge on any atom is -0.371 e. The Labute approximate surface area is 156 Å². The summed E-state index contributed by atoms with van der Waals surface area (Å²) in [7, 11) is 0. The molecule has 142 valence electrons. The Morgan fingerprint density at radius 3 is 2.08 bits per heavy atom. The fourth-order valence-corrected chi connectivity index (χ4v) is 4.20. The summed E-state index contributed by atoms with van der Waals surface area (Å²) >= 11 is 0. The first-order valence-electron chi connectivity index (χ1n) is 10.5. The molecule has 2 aliphatic heterocycles. The summed E-state index contributed by atoms with van der Waals surface area (Å²) in [5, 5.41) is 0. The number of piperidine rings is 1. The van der Waals surface area contributed by atoms with E-state index in [1.165, 1.54) is 64.1 Å². The first-order chi connectivity index (χ1) is 11.9. The van der Waals surface area contributed by atoms with Crippen LogP contribution in [0.4, 0.5) is 5.69 Å². The third kappa shape index (κ3) is 6.33. The lowest BCUT2D eigenvalue weighted by atomic mass is 9.75. The zero-order valence-electron chi connectivity index (χ0n) is 17.3. The van der Waals surface area contributed by atoms with Gasteiger partial charge in [0.05, 0.1) is 0 Å². The van der Waals surface area contributed by atoms with Crippen molar-refractivity contribution < 1.29 is 0 Å². The lowest BCUT2D eigenvalue weighted by molar-refractivity contribution is 0.103. The van der Waals surface area contributed by atoms with Gasteiger partial charge in [-0.2, -0.15) is 0 Å². The Morgan fingerprint density at radius 2 is 1.52 bits per heavy atom. The molecule has 0 radical (unpaired) electrons. The molecule has 0 bridgehead atoms. The van der Waals surface area contributed by atoms with Gasteiger partial charge in [-0.25, -0.2) is 0 Å². The van der Waals surface area contributed by atoms with Gasteiger partial charge in [0, 0.05) is 25.3 Å². The molecule has 0 aliphatic carbocycles. The third-order valence-corrected chi connectivity index (χ3v) is 5.74. The first kappa shape index (κ1) is 20.3. The molecule has 2 fully saturated rings. The molecule has 1 aromatic carbocycles. The van der Waals surface area contributed by atoms with Crippen molar-refractivity contribution in [2.45, 2.75) is 60.3 Å². The van der Waals surface area contributed by atoms with Crippen LogP contribution in [0.1, 0.15) is 60.3 Å². The summed E-state index contributed by atoms with van der Waals surface area (Å²) < 4.78 is 0. The molecule has 2 aliphatic rings. The highest BCUT2D eigenvalue weighted by Crippen LogP contribution is 2.34. The van der Waals surface area contributed by atoms with E-state index in [2.05, 4.69) is 74.8 Å². The highest BCUT2D eigenvalue weighted by atomic mass is 15.2. The van der Waals surface area contributed by atoms with Crippen molar-refractivity contribution in [1.29, 1.82) is 0 Å². The first-order valence-corrected chi connectivity index (χ1v) is 10.5. The van der Waals surface area contributed by atoms with Gasteiger partial charge in [-0.05, 0) is 61.7 Å². The van der Waals surface area contributed by atoms with Crippen LogP contribution in [0.25, 0.3) is 0 Å². The average molecular weight is 345 g/mol. The number of hydrogen-bond donors (Lipinski definition) is 0. The van der Waals surface area contributed by atoms with Gasteiger partial charge in [0.2, 0.25) is 0 Å². The standard InChI is InChI=1S/C20H32N2.C3H8/c1-20(2,3)18-10-12-21(13-11-18)15-17-9-14-22(16-17)19-7-5-4-6-8-19;1-3-2/h4-8,17-18H,9-16H2,1-3H3;3H2,1-2H3. The normalized spacial score (nSPS) is 22.6. The van der Waals surface area contributed by atoms with Crippen molar-refractivity contribution in [2.75, 3.05) is 37.6 Å². The molecule has 1 aromatic rings. The second-order valence-corrected chi connectivity index (χ2v) is 9.08. The zero-order valence-corrected chi connectivity index (χ0v) is 17.3. The van der Waals surface area contributed by atoms with Gasteiger partial charge in [0.1, 0.15) is 0 Å². The molecular weight excluding hydrogens is 304 g/mol. The van der Waals surface area contributed by atoms with Crippen LogP contribution in [0, 0.1) is 17.3 Å². The number of benzene rings is 1. The van der Waals surface area contributed by atoms with E-state index in [0.29, 0.717) is 5.41 Å². The van der Waals surface area contributed by atoms with E-state index >= 15 is 0 Å². The van der Waals surface area contributed by atoms with Crippen LogP contribution in [-0.2, 0) is 0 Å². The third-order valence-electron chi connectivity index (χ3n) is 5.74. The van der Waals surface area contributed by atoms with Crippen LogP contribution in [0.5, 0.6) is 0 Å². The van der Waals surface area contributed by atoms with Crippen LogP contribution in [0.3, 0.4) is 0 Å². The van der Waals surface area contributed by atoms with Crippen molar-refractivity contribution in [3.63, 3.8) is 0 Å². The molecular formula is C23H40N2. The summed E-state index contributed by atoms with van der Waals surface area (Å²) in [6.45, 7) is 17.9. The Hall–Kier alpha value is -1.02. The highest BCUT2D eigenvalue weighted by molar-refractivity contribution is 5.46. The fourth-order valence-electron chi connectivity index (χ4n) is 4.20. The maximum absolute atomic E-state index is 2.72. The lowest BCUT2D eigenvalue weighted by Crippen LogP contribution is -2.40. The van der Waals surface area contributed by atoms with E-state index in [1.54, 1.807) is 0 Å². The van der Waals surface area contributed by atoms with Gasteiger partial charge in [-0.15, -0.1) is 0 Å². The fraction of sp³-hybridized carbons (Fsp3) is 0.739. The molecule has 1 unspecified atom stereocenters. The number of anilines is 1. The van der Waals surface area contributed by atoms with Crippen molar-refractivity contribution in [3.8, 4) is 0 Å². The van der Waals surface area contributed by atoms with Crippen molar-refractivity contribution in [3.05, 3.63) is 30.3 Å². The van der Waals surface area contributed by atoms with Gasteiger partial charge in [0.25, 0.3) is 0 Å². The second kappa shape index (κ2) is 9.62. The van der Waals surface area contributed by atoms with Crippen LogP contribution >= 0.6 is 0 Å². The molecule has 2 heterocycles. The molecule has 3 rings (SSSR count). The maximum Gasteiger partial charge on any atom is 0.0366 e. The molecule has 0 saturated carbocycles. The van der Waals surface area contributed by atoms with Gasteiger partial charge in [-0.3, -0.25) is 0 Å². The van der Waals surface area contributed by atoms with E-state index < -0.39 is 0 Å². The topological polar surface area (TPSA) is 6.48 Å². The van der Waals surface area contributed by atoms with E-state index in [-0.39, 0.29) is 0 Å². The van der Waals surface area contributed by atoms with Crippen LogP contribution in [0.2, 0.25) is 0 Å². The van der Waals surface area contributed by atoms with Gasteiger partial charge >= 0.3 is 0 Å². The molecule has 0 amide bonds. The number of rotatable bonds is 3. The molecule has 0 N–H and O–H groups in total. The van der Waals surface area contributed by atoms with E-state index in [1.807, 2.05) is 0 Å². The second-order valence-electron chi connectivity index (χ2n) is 9.08. The molecule has 25 heavy (non-hydrogen) atoms. The summed E-state index contributed by atoms with van der Waals surface area (Å²) in [5.74, 6) is 1.76. The maximum atomic E-state index is 2.72. The van der Waals surface area contributed by atoms with Crippen molar-refractivity contribution in [1.82, 2.24) is 4.90 Å². The highest BCUT2D eigenvalue weighted by Gasteiger charge is 2.31. The Balaban J connectivity index is 0.000000701. The van der Waals surface area contributed by atoms with Crippen molar-refractivity contribution >= 4 is 5.69 Å². The number of para-hydroxylation sites is 1. The Morgan fingerprint density at radius 1 is 0.920 bits per heavy atom. The monoisotopic (exact) mass is 344 g/mol. The number of likely N-dealkylation sites (tertiary alicyclic amines) is 1. The largest absolute Gasteiger partial charge is 0.371 e. The minimum absolute atomic E-state index is 0.490. The van der Waals surface area contributed by atoms with Crippen LogP contribution in [-0.4, -0.2) is 37.6 Å². The molecule has 0 aromatic heterocycles. The van der Waals surface area contributed by atoms with E-state index in [4.69, 9.17) is 0 Å². The Bertz CT molecular complexity index is 469. The minimum atomic E-state index is 0.490. The Kier molecular flexibility index (Phi) is 7.81. The zero-order chi connectivity index (χ0) is 18.3. The molecule has 2 nitrogen and oxygen atoms in total. The van der Waals surface area contributed by atoms with Crippen LogP contribution in [0.15, 0.2) is 30.3 Å². The summed E-state index contributed by atoms with van der Waals surface area (Å²) in [5.41, 5.74) is 1.89. The van der Waals surface area contributed by atoms with Gasteiger partial charge < -0.3 is 9.80 Å². The van der Waals surface area contributed by atoms with Crippen molar-refractivity contribution in [2.24, 2.45) is 17.3 Å². The van der Waals surface area contributed by atoms with E-state index in [9.17, 15) is 0 Å². The smallest absolute Gasteiger partial charge is 0.0366 e. The molecule has 0 spiro atoms. The van der Waals surface area contributed by atoms with E-state index in [0.717, 1.165) is 11.8 Å². The van der Waals surface area contributed by atoms with Gasteiger partial charge in [-0.1, -0.05) is 59.2 Å². The van der Waals surface area contributed by atoms with Gasteiger partial charge in [0.15, 0.2) is 0 Å².